The first-order valence-electron chi connectivity index (χ1n) is 8.56. The minimum atomic E-state index is -0.748. The van der Waals surface area contributed by atoms with Crippen LogP contribution in [0.15, 0.2) is 18.2 Å². The number of carbonyl (C=O) groups is 3. The third-order valence-corrected chi connectivity index (χ3v) is 5.04. The number of aromatic nitrogens is 1. The van der Waals surface area contributed by atoms with Crippen LogP contribution in [0.25, 0.3) is 0 Å². The van der Waals surface area contributed by atoms with Gasteiger partial charge < -0.3 is 14.6 Å². The van der Waals surface area contributed by atoms with E-state index in [9.17, 15) is 14.4 Å². The summed E-state index contributed by atoms with van der Waals surface area (Å²) in [5.74, 6) is -1.32. The van der Waals surface area contributed by atoms with Crippen molar-refractivity contribution in [2.75, 3.05) is 0 Å². The Morgan fingerprint density at radius 1 is 1.23 bits per heavy atom. The molecule has 0 bridgehead atoms. The lowest BCUT2D eigenvalue weighted by Gasteiger charge is -2.32. The predicted molar refractivity (Wildman–Crippen MR) is 93.6 cm³/mol. The van der Waals surface area contributed by atoms with Crippen LogP contribution in [-0.2, 0) is 18.9 Å². The monoisotopic (exact) mass is 359 g/mol. The molecule has 0 aromatic carbocycles. The van der Waals surface area contributed by atoms with Gasteiger partial charge in [-0.15, -0.1) is 0 Å². The smallest absolute Gasteiger partial charge is 0.398 e. The van der Waals surface area contributed by atoms with Crippen molar-refractivity contribution in [1.82, 2.24) is 15.6 Å². The Balaban J connectivity index is 1.72. The van der Waals surface area contributed by atoms with E-state index in [1.54, 1.807) is 18.2 Å². The van der Waals surface area contributed by atoms with E-state index in [1.165, 1.54) is 0 Å². The molecule has 1 atom stereocenters. The quantitative estimate of drug-likeness (QED) is 0.577. The predicted octanol–water partition coefficient (Wildman–Crippen LogP) is -0.0842. The van der Waals surface area contributed by atoms with Gasteiger partial charge in [0.2, 0.25) is 11.8 Å². The Hall–Kier alpha value is -2.26. The fourth-order valence-electron chi connectivity index (χ4n) is 2.74. The first-order valence-corrected chi connectivity index (χ1v) is 8.56. The number of rotatable bonds is 3. The standard InChI is InChI=1S/C17H22BN3O5/c1-16(2)17(3,4)26-18(25-16)12-7-5-6-10(19-12)14(23)20-11-8-9-13(22)21-15(11)24/h5-7,11H,8-9H2,1-4H3,(H,20,23)(H,21,22,24). The van der Waals surface area contributed by atoms with E-state index in [2.05, 4.69) is 15.6 Å². The van der Waals surface area contributed by atoms with E-state index in [0.717, 1.165) is 0 Å². The number of piperidine rings is 1. The summed E-state index contributed by atoms with van der Waals surface area (Å²) in [6.45, 7) is 7.75. The normalized spacial score (nSPS) is 24.3. The van der Waals surface area contributed by atoms with E-state index < -0.39 is 36.2 Å². The van der Waals surface area contributed by atoms with Crippen molar-refractivity contribution < 1.29 is 23.7 Å². The highest BCUT2D eigenvalue weighted by atomic mass is 16.7. The van der Waals surface area contributed by atoms with Crippen LogP contribution in [0.5, 0.6) is 0 Å². The summed E-state index contributed by atoms with van der Waals surface area (Å²) >= 11 is 0. The van der Waals surface area contributed by atoms with Gasteiger partial charge in [-0.05, 0) is 46.2 Å². The van der Waals surface area contributed by atoms with Crippen molar-refractivity contribution in [3.63, 3.8) is 0 Å². The molecule has 138 valence electrons. The molecule has 8 nitrogen and oxygen atoms in total. The summed E-state index contributed by atoms with van der Waals surface area (Å²) in [5.41, 5.74) is -0.379. The van der Waals surface area contributed by atoms with Crippen LogP contribution in [0.2, 0.25) is 0 Å². The summed E-state index contributed by atoms with van der Waals surface area (Å²) < 4.78 is 11.9. The maximum Gasteiger partial charge on any atom is 0.514 e. The zero-order valence-electron chi connectivity index (χ0n) is 15.3. The Bertz CT molecular complexity index is 749. The summed E-state index contributed by atoms with van der Waals surface area (Å²) in [5, 5.41) is 4.82. The van der Waals surface area contributed by atoms with Gasteiger partial charge in [0.15, 0.2) is 0 Å². The number of hydrogen-bond donors (Lipinski definition) is 2. The number of amides is 3. The lowest BCUT2D eigenvalue weighted by molar-refractivity contribution is -0.134. The first kappa shape index (κ1) is 18.5. The molecule has 2 aliphatic heterocycles. The number of carbonyl (C=O) groups excluding carboxylic acids is 3. The van der Waals surface area contributed by atoms with E-state index in [0.29, 0.717) is 5.59 Å². The minimum absolute atomic E-state index is 0.155. The Kier molecular flexibility index (Phi) is 4.62. The van der Waals surface area contributed by atoms with Crippen LogP contribution < -0.4 is 16.2 Å². The molecule has 2 aliphatic rings. The fourth-order valence-corrected chi connectivity index (χ4v) is 2.74. The van der Waals surface area contributed by atoms with Gasteiger partial charge in [0, 0.05) is 6.42 Å². The molecule has 26 heavy (non-hydrogen) atoms. The van der Waals surface area contributed by atoms with Gasteiger partial charge in [0.05, 0.1) is 16.8 Å². The third kappa shape index (κ3) is 3.49. The lowest BCUT2D eigenvalue weighted by atomic mass is 9.84. The SMILES string of the molecule is CC1(C)OB(c2cccc(C(=O)NC3CCC(=O)NC3=O)n2)OC1(C)C. The Labute approximate surface area is 152 Å². The lowest BCUT2D eigenvalue weighted by Crippen LogP contribution is -2.52. The number of nitrogens with one attached hydrogen (secondary N) is 2. The molecule has 3 rings (SSSR count). The van der Waals surface area contributed by atoms with Crippen LogP contribution in [0.4, 0.5) is 0 Å². The molecule has 1 unspecified atom stereocenters. The summed E-state index contributed by atoms with van der Waals surface area (Å²) in [4.78, 5) is 39.7. The molecular weight excluding hydrogens is 337 g/mol. The molecule has 2 saturated heterocycles. The second kappa shape index (κ2) is 6.48. The largest absolute Gasteiger partial charge is 0.514 e. The number of nitrogens with zero attached hydrogens (tertiary/aromatic N) is 1. The third-order valence-electron chi connectivity index (χ3n) is 5.04. The van der Waals surface area contributed by atoms with E-state index in [1.807, 2.05) is 27.7 Å². The van der Waals surface area contributed by atoms with E-state index >= 15 is 0 Å². The van der Waals surface area contributed by atoms with Crippen molar-refractivity contribution in [3.05, 3.63) is 23.9 Å². The Morgan fingerprint density at radius 3 is 2.50 bits per heavy atom. The van der Waals surface area contributed by atoms with Crippen molar-refractivity contribution in [1.29, 1.82) is 0 Å². The number of imide groups is 1. The number of hydrogen-bond acceptors (Lipinski definition) is 6. The van der Waals surface area contributed by atoms with Crippen molar-refractivity contribution in [2.45, 2.75) is 57.8 Å². The van der Waals surface area contributed by atoms with E-state index in [-0.39, 0.29) is 24.4 Å². The zero-order chi connectivity index (χ0) is 19.1. The average molecular weight is 359 g/mol. The molecule has 0 radical (unpaired) electrons. The highest BCUT2D eigenvalue weighted by molar-refractivity contribution is 6.61. The van der Waals surface area contributed by atoms with Gasteiger partial charge in [0.1, 0.15) is 11.7 Å². The Morgan fingerprint density at radius 2 is 1.88 bits per heavy atom. The molecule has 9 heteroatoms. The molecule has 1 aromatic heterocycles. The van der Waals surface area contributed by atoms with Gasteiger partial charge in [-0.1, -0.05) is 6.07 Å². The highest BCUT2D eigenvalue weighted by Crippen LogP contribution is 2.36. The van der Waals surface area contributed by atoms with Crippen LogP contribution in [-0.4, -0.2) is 47.1 Å². The van der Waals surface area contributed by atoms with Gasteiger partial charge in [-0.3, -0.25) is 24.7 Å². The molecule has 1 aromatic rings. The van der Waals surface area contributed by atoms with Gasteiger partial charge >= 0.3 is 7.12 Å². The maximum atomic E-state index is 12.4. The summed E-state index contributed by atoms with van der Waals surface area (Å²) in [6.07, 6.45) is 0.464. The second-order valence-electron chi connectivity index (χ2n) is 7.51. The molecular formula is C17H22BN3O5. The fraction of sp³-hybridized carbons (Fsp3) is 0.529. The summed E-state index contributed by atoms with van der Waals surface area (Å²) in [7, 11) is -0.677. The summed E-state index contributed by atoms with van der Waals surface area (Å²) in [6, 6.07) is 4.22. The van der Waals surface area contributed by atoms with Crippen molar-refractivity contribution >= 4 is 30.4 Å². The maximum absolute atomic E-state index is 12.4. The molecule has 0 saturated carbocycles. The van der Waals surface area contributed by atoms with Gasteiger partial charge in [-0.25, -0.2) is 0 Å². The average Bonchev–Trinajstić information content (AvgIpc) is 2.78. The van der Waals surface area contributed by atoms with Crippen LogP contribution in [0, 0.1) is 0 Å². The molecule has 3 amide bonds. The highest BCUT2D eigenvalue weighted by Gasteiger charge is 2.52. The van der Waals surface area contributed by atoms with Crippen LogP contribution >= 0.6 is 0 Å². The minimum Gasteiger partial charge on any atom is -0.398 e. The van der Waals surface area contributed by atoms with Gasteiger partial charge in [-0.2, -0.15) is 0 Å². The molecule has 2 fully saturated rings. The second-order valence-corrected chi connectivity index (χ2v) is 7.51. The van der Waals surface area contributed by atoms with Crippen LogP contribution in [0.1, 0.15) is 51.0 Å². The van der Waals surface area contributed by atoms with Crippen molar-refractivity contribution in [2.24, 2.45) is 0 Å². The first-order chi connectivity index (χ1) is 12.1. The van der Waals surface area contributed by atoms with E-state index in [4.69, 9.17) is 9.31 Å². The topological polar surface area (TPSA) is 107 Å². The van der Waals surface area contributed by atoms with Crippen LogP contribution in [0.3, 0.4) is 0 Å². The van der Waals surface area contributed by atoms with Gasteiger partial charge in [0.25, 0.3) is 5.91 Å². The molecule has 0 aliphatic carbocycles. The molecule has 2 N–H and O–H groups in total. The number of pyridine rings is 1. The van der Waals surface area contributed by atoms with Crippen molar-refractivity contribution in [3.8, 4) is 0 Å². The zero-order valence-corrected chi connectivity index (χ0v) is 15.3. The molecule has 3 heterocycles. The molecule has 0 spiro atoms.